The summed E-state index contributed by atoms with van der Waals surface area (Å²) in [6.45, 7) is 0. The Morgan fingerprint density at radius 1 is 0.909 bits per heavy atom. The fourth-order valence-corrected chi connectivity index (χ4v) is 2.67. The van der Waals surface area contributed by atoms with Gasteiger partial charge in [0.15, 0.2) is 5.41 Å². The highest BCUT2D eigenvalue weighted by atomic mass is 32.2. The Morgan fingerprint density at radius 3 is 1.73 bits per heavy atom. The van der Waals surface area contributed by atoms with Gasteiger partial charge in [-0.25, -0.2) is 0 Å². The molecule has 0 radical (unpaired) electrons. The van der Waals surface area contributed by atoms with Crippen LogP contribution in [0.4, 0.5) is 26.3 Å². The zero-order chi connectivity index (χ0) is 17.2. The maximum Gasteiger partial charge on any atom is 0.407 e. The van der Waals surface area contributed by atoms with Crippen LogP contribution in [-0.4, -0.2) is 31.1 Å². The van der Waals surface area contributed by atoms with E-state index in [4.69, 9.17) is 4.55 Å². The van der Waals surface area contributed by atoms with Crippen molar-refractivity contribution in [2.24, 2.45) is 0 Å². The van der Waals surface area contributed by atoms with Crippen LogP contribution in [0.1, 0.15) is 18.4 Å². The van der Waals surface area contributed by atoms with Crippen molar-refractivity contribution >= 4 is 10.1 Å². The smallest absolute Gasteiger partial charge is 0.286 e. The van der Waals surface area contributed by atoms with E-state index in [0.717, 1.165) is 12.1 Å². The standard InChI is InChI=1S/C12H12F6O3S/c13-11(14,15)10(12(16,17)18,7-4-8-22(19,20)21)9-5-2-1-3-6-9/h1-3,5-6H,4,7-8H2,(H,19,20,21). The van der Waals surface area contributed by atoms with Gasteiger partial charge in [-0.15, -0.1) is 0 Å². The Labute approximate surface area is 122 Å². The number of alkyl halides is 6. The minimum Gasteiger partial charge on any atom is -0.286 e. The first kappa shape index (κ1) is 18.8. The Bertz CT molecular complexity index is 578. The second kappa shape index (κ2) is 6.07. The van der Waals surface area contributed by atoms with Crippen LogP contribution in [0.3, 0.4) is 0 Å². The topological polar surface area (TPSA) is 54.4 Å². The van der Waals surface area contributed by atoms with Crippen molar-refractivity contribution in [2.75, 3.05) is 5.75 Å². The van der Waals surface area contributed by atoms with Crippen molar-refractivity contribution in [1.29, 1.82) is 0 Å². The Balaban J connectivity index is 3.36. The summed E-state index contributed by atoms with van der Waals surface area (Å²) in [7, 11) is -4.65. The molecule has 0 aliphatic heterocycles. The maximum absolute atomic E-state index is 13.2. The van der Waals surface area contributed by atoms with Crippen molar-refractivity contribution in [3.05, 3.63) is 35.9 Å². The minimum absolute atomic E-state index is 0.689. The van der Waals surface area contributed by atoms with E-state index >= 15 is 0 Å². The van der Waals surface area contributed by atoms with Crippen molar-refractivity contribution < 1.29 is 39.3 Å². The van der Waals surface area contributed by atoms with Crippen LogP contribution in [0.2, 0.25) is 0 Å². The van der Waals surface area contributed by atoms with Gasteiger partial charge in [-0.1, -0.05) is 30.3 Å². The summed E-state index contributed by atoms with van der Waals surface area (Å²) in [6.07, 6.45) is -13.9. The average molecular weight is 350 g/mol. The van der Waals surface area contributed by atoms with Gasteiger partial charge in [0.05, 0.1) is 5.75 Å². The predicted molar refractivity (Wildman–Crippen MR) is 65.9 cm³/mol. The van der Waals surface area contributed by atoms with Crippen molar-refractivity contribution in [1.82, 2.24) is 0 Å². The molecule has 0 amide bonds. The van der Waals surface area contributed by atoms with Gasteiger partial charge >= 0.3 is 12.4 Å². The molecule has 22 heavy (non-hydrogen) atoms. The van der Waals surface area contributed by atoms with Crippen LogP contribution in [0.15, 0.2) is 30.3 Å². The van der Waals surface area contributed by atoms with Gasteiger partial charge < -0.3 is 0 Å². The fraction of sp³-hybridized carbons (Fsp3) is 0.500. The maximum atomic E-state index is 13.2. The molecule has 0 saturated carbocycles. The molecule has 0 saturated heterocycles. The fourth-order valence-electron chi connectivity index (χ4n) is 2.16. The van der Waals surface area contributed by atoms with E-state index in [9.17, 15) is 34.8 Å². The number of rotatable bonds is 5. The molecule has 126 valence electrons. The summed E-state index contributed by atoms with van der Waals surface area (Å²) in [5.41, 5.74) is -5.21. The van der Waals surface area contributed by atoms with Gasteiger partial charge in [-0.2, -0.15) is 34.8 Å². The Kier molecular flexibility index (Phi) is 5.18. The van der Waals surface area contributed by atoms with E-state index in [0.29, 0.717) is 12.1 Å². The summed E-state index contributed by atoms with van der Waals surface area (Å²) in [6, 6.07) is 4.71. The molecule has 0 heterocycles. The molecule has 0 fully saturated rings. The lowest BCUT2D eigenvalue weighted by Gasteiger charge is -2.37. The molecule has 10 heteroatoms. The number of hydrogen-bond acceptors (Lipinski definition) is 2. The first-order chi connectivity index (χ1) is 9.81. The third-order valence-electron chi connectivity index (χ3n) is 3.19. The van der Waals surface area contributed by atoms with Crippen molar-refractivity contribution in [2.45, 2.75) is 30.6 Å². The van der Waals surface area contributed by atoms with Crippen LogP contribution in [0.25, 0.3) is 0 Å². The van der Waals surface area contributed by atoms with Gasteiger partial charge in [0.1, 0.15) is 0 Å². The molecule has 1 rings (SSSR count). The number of halogens is 6. The predicted octanol–water partition coefficient (Wildman–Crippen LogP) is 3.72. The summed E-state index contributed by atoms with van der Waals surface area (Å²) in [4.78, 5) is 0. The third kappa shape index (κ3) is 3.92. The zero-order valence-corrected chi connectivity index (χ0v) is 11.8. The average Bonchev–Trinajstić information content (AvgIpc) is 2.31. The molecule has 1 aromatic carbocycles. The molecule has 0 unspecified atom stereocenters. The quantitative estimate of drug-likeness (QED) is 0.651. The molecule has 1 N–H and O–H groups in total. The molecule has 0 aromatic heterocycles. The van der Waals surface area contributed by atoms with Crippen molar-refractivity contribution in [3.63, 3.8) is 0 Å². The largest absolute Gasteiger partial charge is 0.407 e. The minimum atomic E-state index is -5.67. The van der Waals surface area contributed by atoms with Crippen LogP contribution >= 0.6 is 0 Å². The van der Waals surface area contributed by atoms with E-state index in [1.54, 1.807) is 0 Å². The van der Waals surface area contributed by atoms with Crippen molar-refractivity contribution in [3.8, 4) is 0 Å². The molecular formula is C12H12F6O3S. The van der Waals surface area contributed by atoms with Gasteiger partial charge in [-0.05, 0) is 18.4 Å². The second-order valence-electron chi connectivity index (χ2n) is 4.66. The molecule has 0 spiro atoms. The van der Waals surface area contributed by atoms with E-state index in [1.165, 1.54) is 6.07 Å². The van der Waals surface area contributed by atoms with Gasteiger partial charge in [-0.3, -0.25) is 4.55 Å². The SMILES string of the molecule is O=S(=O)(O)CCCC(c1ccccc1)(C(F)(F)F)C(F)(F)F. The van der Waals surface area contributed by atoms with E-state index in [2.05, 4.69) is 0 Å². The highest BCUT2D eigenvalue weighted by molar-refractivity contribution is 7.85. The van der Waals surface area contributed by atoms with Crippen LogP contribution in [-0.2, 0) is 15.5 Å². The molecule has 3 nitrogen and oxygen atoms in total. The normalized spacial score (nSPS) is 14.1. The molecule has 0 atom stereocenters. The summed E-state index contributed by atoms with van der Waals surface area (Å²) in [5.74, 6) is -1.19. The lowest BCUT2D eigenvalue weighted by Crippen LogP contribution is -2.54. The van der Waals surface area contributed by atoms with Gasteiger partial charge in [0.2, 0.25) is 0 Å². The highest BCUT2D eigenvalue weighted by Gasteiger charge is 2.70. The molecule has 1 aromatic rings. The second-order valence-corrected chi connectivity index (χ2v) is 6.23. The molecule has 0 bridgehead atoms. The van der Waals surface area contributed by atoms with Crippen LogP contribution in [0.5, 0.6) is 0 Å². The summed E-state index contributed by atoms with van der Waals surface area (Å²) >= 11 is 0. The van der Waals surface area contributed by atoms with E-state index in [-0.39, 0.29) is 0 Å². The van der Waals surface area contributed by atoms with E-state index < -0.39 is 52.0 Å². The monoisotopic (exact) mass is 350 g/mol. The number of benzene rings is 1. The summed E-state index contributed by atoms with van der Waals surface area (Å²) < 4.78 is 109. The summed E-state index contributed by atoms with van der Waals surface area (Å²) in [5, 5.41) is 0. The Hall–Kier alpha value is -1.29. The lowest BCUT2D eigenvalue weighted by molar-refractivity contribution is -0.305. The van der Waals surface area contributed by atoms with Crippen LogP contribution < -0.4 is 0 Å². The molecular weight excluding hydrogens is 338 g/mol. The van der Waals surface area contributed by atoms with Gasteiger partial charge in [0, 0.05) is 0 Å². The molecule has 0 aliphatic carbocycles. The first-order valence-corrected chi connectivity index (χ1v) is 7.56. The number of hydrogen-bond donors (Lipinski definition) is 1. The first-order valence-electron chi connectivity index (χ1n) is 5.95. The third-order valence-corrected chi connectivity index (χ3v) is 3.99. The Morgan fingerprint density at radius 2 is 1.36 bits per heavy atom. The van der Waals surface area contributed by atoms with E-state index in [1.807, 2.05) is 0 Å². The molecule has 0 aliphatic rings. The highest BCUT2D eigenvalue weighted by Crippen LogP contribution is 2.54. The lowest BCUT2D eigenvalue weighted by atomic mass is 9.75. The van der Waals surface area contributed by atoms with Crippen LogP contribution in [0, 0.1) is 0 Å². The zero-order valence-electron chi connectivity index (χ0n) is 10.9. The van der Waals surface area contributed by atoms with Gasteiger partial charge in [0.25, 0.3) is 10.1 Å².